The van der Waals surface area contributed by atoms with Crippen molar-refractivity contribution in [3.8, 4) is 5.75 Å². The number of imidazole rings is 1. The molecule has 0 N–H and O–H groups in total. The number of carbonyl (C=O) groups excluding carboxylic acids is 1. The van der Waals surface area contributed by atoms with E-state index >= 15 is 0 Å². The SMILES string of the molecule is Cc1nc2c3c(c(C(=O)N4CCCO4)cc2n1C)CCC1(Cc2ccccc2C1)O3. The third-order valence-corrected chi connectivity index (χ3v) is 6.96. The summed E-state index contributed by atoms with van der Waals surface area (Å²) in [5.74, 6) is 1.63. The lowest BCUT2D eigenvalue weighted by Gasteiger charge is -2.36. The van der Waals surface area contributed by atoms with Crippen LogP contribution in [0.2, 0.25) is 0 Å². The van der Waals surface area contributed by atoms with E-state index in [-0.39, 0.29) is 11.5 Å². The fourth-order valence-electron chi connectivity index (χ4n) is 5.27. The maximum absolute atomic E-state index is 13.3. The highest BCUT2D eigenvalue weighted by Crippen LogP contribution is 2.46. The first-order valence-electron chi connectivity index (χ1n) is 10.7. The van der Waals surface area contributed by atoms with Gasteiger partial charge in [0.1, 0.15) is 16.9 Å². The van der Waals surface area contributed by atoms with Crippen LogP contribution in [0.3, 0.4) is 0 Å². The van der Waals surface area contributed by atoms with Gasteiger partial charge in [0, 0.05) is 25.5 Å². The number of amides is 1. The van der Waals surface area contributed by atoms with Crippen molar-refractivity contribution >= 4 is 16.9 Å². The Hall–Kier alpha value is -2.86. The maximum Gasteiger partial charge on any atom is 0.277 e. The minimum atomic E-state index is -0.249. The molecule has 154 valence electrons. The Bertz CT molecular complexity index is 1170. The van der Waals surface area contributed by atoms with Crippen LogP contribution in [-0.4, -0.2) is 39.3 Å². The highest BCUT2D eigenvalue weighted by molar-refractivity contribution is 6.01. The van der Waals surface area contributed by atoms with E-state index in [1.165, 1.54) is 16.2 Å². The average molecular weight is 403 g/mol. The van der Waals surface area contributed by atoms with Gasteiger partial charge in [-0.15, -0.1) is 0 Å². The van der Waals surface area contributed by atoms with Gasteiger partial charge in [-0.25, -0.2) is 10.0 Å². The van der Waals surface area contributed by atoms with Crippen LogP contribution in [0, 0.1) is 6.92 Å². The Morgan fingerprint density at radius 1 is 1.20 bits per heavy atom. The first kappa shape index (κ1) is 18.0. The van der Waals surface area contributed by atoms with Gasteiger partial charge in [-0.1, -0.05) is 24.3 Å². The smallest absolute Gasteiger partial charge is 0.277 e. The molecular weight excluding hydrogens is 378 g/mol. The van der Waals surface area contributed by atoms with Crippen molar-refractivity contribution < 1.29 is 14.4 Å². The van der Waals surface area contributed by atoms with Crippen LogP contribution in [0.5, 0.6) is 5.75 Å². The lowest BCUT2D eigenvalue weighted by atomic mass is 9.86. The van der Waals surface area contributed by atoms with E-state index in [4.69, 9.17) is 14.6 Å². The van der Waals surface area contributed by atoms with Gasteiger partial charge in [-0.2, -0.15) is 0 Å². The van der Waals surface area contributed by atoms with Gasteiger partial charge in [0.2, 0.25) is 0 Å². The summed E-state index contributed by atoms with van der Waals surface area (Å²) in [4.78, 5) is 23.7. The monoisotopic (exact) mass is 403 g/mol. The molecule has 0 atom stereocenters. The maximum atomic E-state index is 13.3. The summed E-state index contributed by atoms with van der Waals surface area (Å²) in [7, 11) is 1.99. The Kier molecular flexibility index (Phi) is 3.78. The molecule has 0 unspecified atom stereocenters. The topological polar surface area (TPSA) is 56.6 Å². The van der Waals surface area contributed by atoms with E-state index in [0.717, 1.165) is 60.3 Å². The van der Waals surface area contributed by atoms with Gasteiger partial charge in [0.05, 0.1) is 24.2 Å². The molecule has 1 spiro atoms. The Balaban J connectivity index is 1.49. The molecule has 3 aliphatic rings. The zero-order valence-corrected chi connectivity index (χ0v) is 17.4. The van der Waals surface area contributed by atoms with Crippen LogP contribution in [0.4, 0.5) is 0 Å². The van der Waals surface area contributed by atoms with Gasteiger partial charge in [0.15, 0.2) is 5.75 Å². The molecule has 1 saturated heterocycles. The molecule has 6 nitrogen and oxygen atoms in total. The molecule has 1 amide bonds. The number of fused-ring (bicyclic) bond motifs is 4. The zero-order chi connectivity index (χ0) is 20.5. The first-order chi connectivity index (χ1) is 14.5. The quantitative estimate of drug-likeness (QED) is 0.624. The average Bonchev–Trinajstić information content (AvgIpc) is 3.46. The molecule has 3 heterocycles. The molecule has 1 fully saturated rings. The second kappa shape index (κ2) is 6.32. The van der Waals surface area contributed by atoms with E-state index in [0.29, 0.717) is 18.7 Å². The highest BCUT2D eigenvalue weighted by atomic mass is 16.7. The number of ether oxygens (including phenoxy) is 1. The van der Waals surface area contributed by atoms with Crippen LogP contribution < -0.4 is 4.74 Å². The Labute approximate surface area is 175 Å². The van der Waals surface area contributed by atoms with Crippen molar-refractivity contribution in [2.45, 2.75) is 44.6 Å². The normalized spacial score (nSPS) is 19.2. The Morgan fingerprint density at radius 3 is 2.67 bits per heavy atom. The third-order valence-electron chi connectivity index (χ3n) is 6.96. The number of hydroxylamine groups is 2. The summed E-state index contributed by atoms with van der Waals surface area (Å²) in [6, 6.07) is 10.6. The predicted molar refractivity (Wildman–Crippen MR) is 113 cm³/mol. The van der Waals surface area contributed by atoms with Crippen LogP contribution in [-0.2, 0) is 31.1 Å². The van der Waals surface area contributed by atoms with Crippen molar-refractivity contribution in [2.24, 2.45) is 7.05 Å². The van der Waals surface area contributed by atoms with Crippen LogP contribution in [0.25, 0.3) is 11.0 Å². The Morgan fingerprint density at radius 2 is 1.97 bits per heavy atom. The first-order valence-corrected chi connectivity index (χ1v) is 10.7. The number of benzene rings is 2. The van der Waals surface area contributed by atoms with E-state index < -0.39 is 0 Å². The molecule has 1 aromatic heterocycles. The van der Waals surface area contributed by atoms with Gasteiger partial charge in [-0.3, -0.25) is 9.63 Å². The minimum absolute atomic E-state index is 0.0706. The van der Waals surface area contributed by atoms with E-state index in [1.54, 1.807) is 0 Å². The number of aryl methyl sites for hydroxylation is 2. The number of hydrogen-bond donors (Lipinski definition) is 0. The van der Waals surface area contributed by atoms with Crippen LogP contribution in [0.1, 0.15) is 45.7 Å². The highest BCUT2D eigenvalue weighted by Gasteiger charge is 2.44. The standard InChI is InChI=1S/C24H25N3O3/c1-15-25-21-20(26(15)2)12-19(23(28)27-10-5-11-29-27)18-8-9-24(30-22(18)21)13-16-6-3-4-7-17(16)14-24/h3-4,6-7,12H,5,8-11,13-14H2,1-2H3. The molecular formula is C24H25N3O3. The van der Waals surface area contributed by atoms with E-state index in [2.05, 4.69) is 24.3 Å². The zero-order valence-electron chi connectivity index (χ0n) is 17.4. The summed E-state index contributed by atoms with van der Waals surface area (Å²) in [6.45, 7) is 3.22. The number of carbonyl (C=O) groups is 1. The van der Waals surface area contributed by atoms with E-state index in [9.17, 15) is 4.79 Å². The second-order valence-electron chi connectivity index (χ2n) is 8.82. The van der Waals surface area contributed by atoms with Crippen LogP contribution in [0.15, 0.2) is 30.3 Å². The van der Waals surface area contributed by atoms with Gasteiger partial charge >= 0.3 is 0 Å². The van der Waals surface area contributed by atoms with Crippen molar-refractivity contribution in [2.75, 3.05) is 13.2 Å². The molecule has 6 heteroatoms. The fraction of sp³-hybridized carbons (Fsp3) is 0.417. The molecule has 1 aliphatic carbocycles. The minimum Gasteiger partial charge on any atom is -0.484 e. The molecule has 3 aromatic rings. The molecule has 30 heavy (non-hydrogen) atoms. The van der Waals surface area contributed by atoms with Crippen molar-refractivity contribution in [1.82, 2.24) is 14.6 Å². The van der Waals surface area contributed by atoms with Crippen LogP contribution >= 0.6 is 0 Å². The summed E-state index contributed by atoms with van der Waals surface area (Å²) in [5.41, 5.74) is 5.94. The summed E-state index contributed by atoms with van der Waals surface area (Å²) >= 11 is 0. The molecule has 6 rings (SSSR count). The van der Waals surface area contributed by atoms with Crippen molar-refractivity contribution in [3.05, 3.63) is 58.4 Å². The van der Waals surface area contributed by atoms with Gasteiger partial charge < -0.3 is 9.30 Å². The molecule has 2 aliphatic heterocycles. The largest absolute Gasteiger partial charge is 0.484 e. The number of nitrogens with zero attached hydrogens (tertiary/aromatic N) is 3. The van der Waals surface area contributed by atoms with E-state index in [1.807, 2.05) is 24.6 Å². The van der Waals surface area contributed by atoms with Gasteiger partial charge in [0.25, 0.3) is 5.91 Å². The lowest BCUT2D eigenvalue weighted by Crippen LogP contribution is -2.41. The molecule has 0 saturated carbocycles. The summed E-state index contributed by atoms with van der Waals surface area (Å²) in [6.07, 6.45) is 4.39. The number of rotatable bonds is 1. The lowest BCUT2D eigenvalue weighted by molar-refractivity contribution is -0.0769. The number of aromatic nitrogens is 2. The third kappa shape index (κ3) is 2.53. The number of hydrogen-bond acceptors (Lipinski definition) is 4. The summed E-state index contributed by atoms with van der Waals surface area (Å²) < 4.78 is 8.84. The summed E-state index contributed by atoms with van der Waals surface area (Å²) in [5, 5.41) is 1.50. The van der Waals surface area contributed by atoms with Gasteiger partial charge in [-0.05, 0) is 43.4 Å². The van der Waals surface area contributed by atoms with Crippen molar-refractivity contribution in [3.63, 3.8) is 0 Å². The second-order valence-corrected chi connectivity index (χ2v) is 8.82. The molecule has 2 aromatic carbocycles. The fourth-order valence-corrected chi connectivity index (χ4v) is 5.27. The predicted octanol–water partition coefficient (Wildman–Crippen LogP) is 3.52. The molecule has 0 radical (unpaired) electrons. The van der Waals surface area contributed by atoms with Crippen molar-refractivity contribution in [1.29, 1.82) is 0 Å². The molecule has 0 bridgehead atoms.